The Bertz CT molecular complexity index is 726. The molecule has 0 radical (unpaired) electrons. The molecule has 1 saturated heterocycles. The zero-order valence-corrected chi connectivity index (χ0v) is 16.3. The van der Waals surface area contributed by atoms with Crippen molar-refractivity contribution in [3.8, 4) is 6.07 Å². The number of sulfonamides is 1. The Labute approximate surface area is 152 Å². The van der Waals surface area contributed by atoms with Crippen molar-refractivity contribution in [3.05, 3.63) is 29.8 Å². The van der Waals surface area contributed by atoms with Gasteiger partial charge in [0.15, 0.2) is 0 Å². The van der Waals surface area contributed by atoms with E-state index in [4.69, 9.17) is 5.26 Å². The molecular formula is C19H29N3O2S. The van der Waals surface area contributed by atoms with Gasteiger partial charge in [-0.15, -0.1) is 0 Å². The lowest BCUT2D eigenvalue weighted by atomic mass is 9.68. The van der Waals surface area contributed by atoms with Crippen LogP contribution in [0.1, 0.15) is 45.1 Å². The van der Waals surface area contributed by atoms with E-state index in [0.29, 0.717) is 18.0 Å². The highest BCUT2D eigenvalue weighted by atomic mass is 32.2. The van der Waals surface area contributed by atoms with Crippen LogP contribution in [0.3, 0.4) is 0 Å². The Balaban J connectivity index is 2.05. The van der Waals surface area contributed by atoms with Gasteiger partial charge in [-0.05, 0) is 61.4 Å². The van der Waals surface area contributed by atoms with Crippen molar-refractivity contribution in [3.63, 3.8) is 0 Å². The van der Waals surface area contributed by atoms with E-state index < -0.39 is 10.0 Å². The maximum Gasteiger partial charge on any atom is 0.229 e. The Hall–Kier alpha value is -1.58. The third kappa shape index (κ3) is 5.45. The molecule has 1 fully saturated rings. The molecule has 138 valence electrons. The monoisotopic (exact) mass is 363 g/mol. The Morgan fingerprint density at radius 1 is 1.40 bits per heavy atom. The topological polar surface area (TPSA) is 73.2 Å². The molecule has 25 heavy (non-hydrogen) atoms. The predicted octanol–water partition coefficient (Wildman–Crippen LogP) is 3.35. The molecule has 0 amide bonds. The van der Waals surface area contributed by atoms with Crippen molar-refractivity contribution in [2.24, 2.45) is 5.92 Å². The van der Waals surface area contributed by atoms with Gasteiger partial charge in [0.05, 0.1) is 12.3 Å². The van der Waals surface area contributed by atoms with E-state index in [9.17, 15) is 8.42 Å². The number of nitrogens with zero attached hydrogens (tertiary/aromatic N) is 2. The van der Waals surface area contributed by atoms with Gasteiger partial charge in [-0.2, -0.15) is 5.26 Å². The Morgan fingerprint density at radius 3 is 2.80 bits per heavy atom. The summed E-state index contributed by atoms with van der Waals surface area (Å²) >= 11 is 0. The summed E-state index contributed by atoms with van der Waals surface area (Å²) in [4.78, 5) is 2.49. The summed E-state index contributed by atoms with van der Waals surface area (Å²) in [7, 11) is -3.26. The average Bonchev–Trinajstić information content (AvgIpc) is 2.53. The number of benzene rings is 1. The molecule has 6 heteroatoms. The highest BCUT2D eigenvalue weighted by Gasteiger charge is 2.37. The first-order chi connectivity index (χ1) is 11.7. The molecule has 1 aromatic carbocycles. The quantitative estimate of drug-likeness (QED) is 0.754. The number of rotatable bonds is 7. The van der Waals surface area contributed by atoms with Crippen molar-refractivity contribution < 1.29 is 8.42 Å². The SMILES string of the molecule is C[C@H]1CN(CCCCC#N)CC[C@]1(C)c1cccc(NS(C)(=O)=O)c1. The van der Waals surface area contributed by atoms with E-state index in [2.05, 4.69) is 35.6 Å². The minimum absolute atomic E-state index is 0.0400. The van der Waals surface area contributed by atoms with Gasteiger partial charge in [-0.1, -0.05) is 26.0 Å². The van der Waals surface area contributed by atoms with Gasteiger partial charge >= 0.3 is 0 Å². The average molecular weight is 364 g/mol. The predicted molar refractivity (Wildman–Crippen MR) is 102 cm³/mol. The van der Waals surface area contributed by atoms with Crippen molar-refractivity contribution in [2.45, 2.75) is 44.9 Å². The second-order valence-corrected chi connectivity index (χ2v) is 9.19. The van der Waals surface area contributed by atoms with Crippen molar-refractivity contribution >= 4 is 15.7 Å². The smallest absolute Gasteiger partial charge is 0.229 e. The van der Waals surface area contributed by atoms with Crippen molar-refractivity contribution in [1.82, 2.24) is 4.90 Å². The molecule has 2 atom stereocenters. The van der Waals surface area contributed by atoms with E-state index >= 15 is 0 Å². The fourth-order valence-electron chi connectivity index (χ4n) is 3.64. The summed E-state index contributed by atoms with van der Waals surface area (Å²) < 4.78 is 25.5. The molecule has 0 spiro atoms. The first-order valence-corrected chi connectivity index (χ1v) is 10.8. The molecule has 1 N–H and O–H groups in total. The zero-order chi connectivity index (χ0) is 18.5. The second-order valence-electron chi connectivity index (χ2n) is 7.44. The van der Waals surface area contributed by atoms with Crippen LogP contribution in [0.15, 0.2) is 24.3 Å². The fraction of sp³-hybridized carbons (Fsp3) is 0.632. The van der Waals surface area contributed by atoms with Crippen LogP contribution in [0.5, 0.6) is 0 Å². The molecule has 0 saturated carbocycles. The third-order valence-electron chi connectivity index (χ3n) is 5.41. The summed E-state index contributed by atoms with van der Waals surface area (Å²) in [6, 6.07) is 10.00. The van der Waals surface area contributed by atoms with Gasteiger partial charge in [0, 0.05) is 18.7 Å². The maximum atomic E-state index is 11.5. The van der Waals surface area contributed by atoms with Gasteiger partial charge in [0.1, 0.15) is 0 Å². The molecule has 1 heterocycles. The van der Waals surface area contributed by atoms with Crippen molar-refractivity contribution in [1.29, 1.82) is 5.26 Å². The van der Waals surface area contributed by atoms with E-state index in [1.165, 1.54) is 11.8 Å². The molecule has 0 aliphatic carbocycles. The van der Waals surface area contributed by atoms with Crippen LogP contribution in [-0.2, 0) is 15.4 Å². The summed E-state index contributed by atoms with van der Waals surface area (Å²) in [5, 5.41) is 8.63. The number of nitrogens with one attached hydrogen (secondary N) is 1. The molecule has 1 aliphatic rings. The van der Waals surface area contributed by atoms with Crippen molar-refractivity contribution in [2.75, 3.05) is 30.6 Å². The number of hydrogen-bond acceptors (Lipinski definition) is 4. The molecule has 0 unspecified atom stereocenters. The summed E-state index contributed by atoms with van der Waals surface area (Å²) in [6.07, 6.45) is 4.91. The lowest BCUT2D eigenvalue weighted by Crippen LogP contribution is -2.47. The van der Waals surface area contributed by atoms with Crippen LogP contribution >= 0.6 is 0 Å². The molecule has 0 aromatic heterocycles. The van der Waals surface area contributed by atoms with Gasteiger partial charge in [-0.3, -0.25) is 4.72 Å². The highest BCUT2D eigenvalue weighted by Crippen LogP contribution is 2.40. The number of likely N-dealkylation sites (tertiary alicyclic amines) is 1. The first-order valence-electron chi connectivity index (χ1n) is 8.92. The lowest BCUT2D eigenvalue weighted by Gasteiger charge is -2.45. The minimum atomic E-state index is -3.26. The van der Waals surface area contributed by atoms with E-state index in [-0.39, 0.29) is 5.41 Å². The molecule has 5 nitrogen and oxygen atoms in total. The van der Waals surface area contributed by atoms with Gasteiger partial charge < -0.3 is 4.90 Å². The van der Waals surface area contributed by atoms with E-state index in [1.807, 2.05) is 12.1 Å². The minimum Gasteiger partial charge on any atom is -0.303 e. The Morgan fingerprint density at radius 2 is 2.16 bits per heavy atom. The van der Waals surface area contributed by atoms with E-state index in [0.717, 1.165) is 38.9 Å². The van der Waals surface area contributed by atoms with Crippen LogP contribution in [0.25, 0.3) is 0 Å². The molecule has 1 aromatic rings. The number of nitriles is 1. The molecule has 1 aliphatic heterocycles. The number of piperidine rings is 1. The maximum absolute atomic E-state index is 11.5. The number of hydrogen-bond donors (Lipinski definition) is 1. The molecule has 2 rings (SSSR count). The lowest BCUT2D eigenvalue weighted by molar-refractivity contribution is 0.110. The second kappa shape index (κ2) is 8.20. The normalized spacial score (nSPS) is 24.6. The highest BCUT2D eigenvalue weighted by molar-refractivity contribution is 7.92. The third-order valence-corrected chi connectivity index (χ3v) is 6.01. The van der Waals surface area contributed by atoms with Crippen LogP contribution in [0.4, 0.5) is 5.69 Å². The number of anilines is 1. The summed E-state index contributed by atoms with van der Waals surface area (Å²) in [6.45, 7) is 7.68. The molecule has 0 bridgehead atoms. The van der Waals surface area contributed by atoms with Gasteiger partial charge in [0.2, 0.25) is 10.0 Å². The molecular weight excluding hydrogens is 334 g/mol. The Kier molecular flexibility index (Phi) is 6.47. The van der Waals surface area contributed by atoms with Crippen LogP contribution in [0.2, 0.25) is 0 Å². The first kappa shape index (κ1) is 19.7. The summed E-state index contributed by atoms with van der Waals surface area (Å²) in [5.41, 5.74) is 1.86. The summed E-state index contributed by atoms with van der Waals surface area (Å²) in [5.74, 6) is 0.478. The van der Waals surface area contributed by atoms with Crippen LogP contribution in [-0.4, -0.2) is 39.2 Å². The zero-order valence-electron chi connectivity index (χ0n) is 15.5. The number of unbranched alkanes of at least 4 members (excludes halogenated alkanes) is 2. The largest absolute Gasteiger partial charge is 0.303 e. The van der Waals surface area contributed by atoms with Gasteiger partial charge in [0.25, 0.3) is 0 Å². The van der Waals surface area contributed by atoms with Crippen LogP contribution < -0.4 is 4.72 Å². The standard InChI is InChI=1S/C19H29N3O2S/c1-16-15-22(12-6-4-5-11-20)13-10-19(16,2)17-8-7-9-18(14-17)21-25(3,23)24/h7-9,14,16,21H,4-6,10,12-13,15H2,1-3H3/t16-,19-/m0/s1. The van der Waals surface area contributed by atoms with E-state index in [1.54, 1.807) is 6.07 Å². The fourth-order valence-corrected chi connectivity index (χ4v) is 4.20. The van der Waals surface area contributed by atoms with Crippen LogP contribution in [0, 0.1) is 17.2 Å². The van der Waals surface area contributed by atoms with Gasteiger partial charge in [-0.25, -0.2) is 8.42 Å².